The summed E-state index contributed by atoms with van der Waals surface area (Å²) in [5, 5.41) is 12.9. The van der Waals surface area contributed by atoms with Crippen molar-refractivity contribution in [2.45, 2.75) is 11.1 Å². The van der Waals surface area contributed by atoms with Gasteiger partial charge in [0.1, 0.15) is 0 Å². The molecule has 0 radical (unpaired) electrons. The monoisotopic (exact) mass is 289 g/mol. The number of hydrogen-bond acceptors (Lipinski definition) is 5. The molecule has 0 saturated carbocycles. The van der Waals surface area contributed by atoms with Gasteiger partial charge in [0.25, 0.3) is 10.0 Å². The highest BCUT2D eigenvalue weighted by molar-refractivity contribution is 7.89. The summed E-state index contributed by atoms with van der Waals surface area (Å²) in [5.74, 6) is -1.91. The fourth-order valence-electron chi connectivity index (χ4n) is 2.08. The van der Waals surface area contributed by atoms with E-state index in [0.29, 0.717) is 0 Å². The molecule has 19 heavy (non-hydrogen) atoms. The average Bonchev–Trinajstić information content (AvgIpc) is 2.95. The number of aliphatic carboxylic acids is 1. The smallest absolute Gasteiger partial charge is 0.310 e. The highest BCUT2D eigenvalue weighted by atomic mass is 32.2. The van der Waals surface area contributed by atoms with Crippen LogP contribution in [0.2, 0.25) is 0 Å². The number of ether oxygens (including phenoxy) is 1. The van der Waals surface area contributed by atoms with Crippen LogP contribution >= 0.6 is 0 Å². The Hall–Kier alpha value is -1.45. The minimum absolute atomic E-state index is 0.0191. The summed E-state index contributed by atoms with van der Waals surface area (Å²) in [6.45, 7) is 0.0931. The van der Waals surface area contributed by atoms with Crippen LogP contribution in [0.4, 0.5) is 0 Å². The highest BCUT2D eigenvalue weighted by Crippen LogP contribution is 2.24. The second-order valence-electron chi connectivity index (χ2n) is 4.36. The fraction of sp³-hybridized carbons (Fsp3) is 0.600. The topological polar surface area (TPSA) is 102 Å². The Morgan fingerprint density at radius 1 is 1.58 bits per heavy atom. The Balaban J connectivity index is 2.31. The van der Waals surface area contributed by atoms with E-state index in [0.717, 1.165) is 4.31 Å². The number of carboxylic acid groups (broad SMARTS) is 1. The molecule has 1 aliphatic rings. The maximum atomic E-state index is 12.4. The molecule has 106 valence electrons. The van der Waals surface area contributed by atoms with Crippen molar-refractivity contribution in [1.82, 2.24) is 14.1 Å². The number of likely N-dealkylation sites (N-methyl/N-ethyl adjacent to an activating group) is 1. The Labute approximate surface area is 110 Å². The first-order valence-electron chi connectivity index (χ1n) is 5.62. The lowest BCUT2D eigenvalue weighted by Crippen LogP contribution is -2.44. The van der Waals surface area contributed by atoms with Gasteiger partial charge in [0.05, 0.1) is 31.4 Å². The lowest BCUT2D eigenvalue weighted by atomic mass is 10.1. The molecule has 1 N–H and O–H groups in total. The SMILES string of the molecule is CN(C1COCC1C(=O)O)S(=O)(=O)c1ccnn1C. The molecule has 1 fully saturated rings. The van der Waals surface area contributed by atoms with Gasteiger partial charge in [-0.25, -0.2) is 8.42 Å². The maximum Gasteiger partial charge on any atom is 0.310 e. The summed E-state index contributed by atoms with van der Waals surface area (Å²) in [4.78, 5) is 11.1. The van der Waals surface area contributed by atoms with Gasteiger partial charge in [-0.2, -0.15) is 9.40 Å². The second kappa shape index (κ2) is 4.91. The van der Waals surface area contributed by atoms with Crippen LogP contribution in [-0.4, -0.2) is 59.9 Å². The van der Waals surface area contributed by atoms with Crippen LogP contribution < -0.4 is 0 Å². The lowest BCUT2D eigenvalue weighted by Gasteiger charge is -2.25. The number of carboxylic acids is 1. The molecule has 2 rings (SSSR count). The van der Waals surface area contributed by atoms with Crippen LogP contribution in [0.15, 0.2) is 17.3 Å². The molecule has 0 aromatic carbocycles. The molecular formula is C10H15N3O5S. The van der Waals surface area contributed by atoms with Crippen LogP contribution in [0.3, 0.4) is 0 Å². The molecule has 1 aromatic heterocycles. The van der Waals surface area contributed by atoms with Crippen molar-refractivity contribution in [3.63, 3.8) is 0 Å². The van der Waals surface area contributed by atoms with Gasteiger partial charge in [-0.3, -0.25) is 9.48 Å². The predicted octanol–water partition coefficient (Wildman–Crippen LogP) is -0.860. The lowest BCUT2D eigenvalue weighted by molar-refractivity contribution is -0.142. The first-order chi connectivity index (χ1) is 8.85. The number of aryl methyl sites for hydroxylation is 1. The number of rotatable bonds is 4. The zero-order valence-corrected chi connectivity index (χ0v) is 11.4. The van der Waals surface area contributed by atoms with Gasteiger partial charge in [0, 0.05) is 14.1 Å². The average molecular weight is 289 g/mol. The van der Waals surface area contributed by atoms with Gasteiger partial charge in [0.2, 0.25) is 0 Å². The zero-order valence-electron chi connectivity index (χ0n) is 10.6. The summed E-state index contributed by atoms with van der Waals surface area (Å²) in [6.07, 6.45) is 1.38. The molecule has 2 atom stereocenters. The second-order valence-corrected chi connectivity index (χ2v) is 6.31. The van der Waals surface area contributed by atoms with Gasteiger partial charge >= 0.3 is 5.97 Å². The van der Waals surface area contributed by atoms with E-state index in [9.17, 15) is 13.2 Å². The van der Waals surface area contributed by atoms with Crippen molar-refractivity contribution in [1.29, 1.82) is 0 Å². The van der Waals surface area contributed by atoms with Crippen molar-refractivity contribution in [3.8, 4) is 0 Å². The van der Waals surface area contributed by atoms with Crippen molar-refractivity contribution >= 4 is 16.0 Å². The quantitative estimate of drug-likeness (QED) is 0.774. The number of carbonyl (C=O) groups is 1. The third-order valence-corrected chi connectivity index (χ3v) is 5.21. The summed E-state index contributed by atoms with van der Waals surface area (Å²) < 4.78 is 32.1. The molecule has 1 saturated heterocycles. The molecular weight excluding hydrogens is 274 g/mol. The van der Waals surface area contributed by atoms with Gasteiger partial charge < -0.3 is 9.84 Å². The van der Waals surface area contributed by atoms with E-state index in [1.165, 1.54) is 31.0 Å². The Morgan fingerprint density at radius 3 is 2.79 bits per heavy atom. The highest BCUT2D eigenvalue weighted by Gasteiger charge is 2.42. The van der Waals surface area contributed by atoms with Crippen LogP contribution in [0, 0.1) is 5.92 Å². The molecule has 1 aromatic rings. The van der Waals surface area contributed by atoms with Gasteiger partial charge in [-0.05, 0) is 6.07 Å². The summed E-state index contributed by atoms with van der Waals surface area (Å²) in [5.41, 5.74) is 0. The zero-order chi connectivity index (χ0) is 14.2. The van der Waals surface area contributed by atoms with E-state index >= 15 is 0 Å². The largest absolute Gasteiger partial charge is 0.481 e. The van der Waals surface area contributed by atoms with Crippen LogP contribution in [0.1, 0.15) is 0 Å². The van der Waals surface area contributed by atoms with Crippen LogP contribution in [-0.2, 0) is 26.6 Å². The first kappa shape index (κ1) is 14.0. The summed E-state index contributed by atoms with van der Waals surface area (Å²) >= 11 is 0. The predicted molar refractivity (Wildman–Crippen MR) is 63.9 cm³/mol. The van der Waals surface area contributed by atoms with Crippen molar-refractivity contribution < 1.29 is 23.1 Å². The molecule has 2 unspecified atom stereocenters. The third kappa shape index (κ3) is 2.36. The molecule has 0 spiro atoms. The summed E-state index contributed by atoms with van der Waals surface area (Å²) in [7, 11) is -0.913. The van der Waals surface area contributed by atoms with E-state index in [-0.39, 0.29) is 18.2 Å². The standard InChI is InChI=1S/C10H15N3O5S/c1-12-9(3-4-11-12)19(16,17)13(2)8-6-18-5-7(8)10(14)15/h3-4,7-8H,5-6H2,1-2H3,(H,14,15). The van der Waals surface area contributed by atoms with E-state index in [1.807, 2.05) is 0 Å². The molecule has 9 heteroatoms. The molecule has 2 heterocycles. The molecule has 1 aliphatic heterocycles. The van der Waals surface area contributed by atoms with Crippen molar-refractivity contribution in [2.24, 2.45) is 13.0 Å². The van der Waals surface area contributed by atoms with Crippen LogP contribution in [0.5, 0.6) is 0 Å². The third-order valence-electron chi connectivity index (χ3n) is 3.25. The van der Waals surface area contributed by atoms with Gasteiger partial charge in [-0.15, -0.1) is 0 Å². The Morgan fingerprint density at radius 2 is 2.26 bits per heavy atom. The Kier molecular flexibility index (Phi) is 3.61. The number of sulfonamides is 1. The molecule has 0 amide bonds. The summed E-state index contributed by atoms with van der Waals surface area (Å²) in [6, 6.07) is 0.662. The first-order valence-corrected chi connectivity index (χ1v) is 7.06. The van der Waals surface area contributed by atoms with E-state index in [4.69, 9.17) is 9.84 Å². The number of hydrogen-bond donors (Lipinski definition) is 1. The van der Waals surface area contributed by atoms with E-state index in [1.54, 1.807) is 0 Å². The minimum atomic E-state index is -3.79. The van der Waals surface area contributed by atoms with Crippen molar-refractivity contribution in [2.75, 3.05) is 20.3 Å². The number of aromatic nitrogens is 2. The van der Waals surface area contributed by atoms with E-state index < -0.39 is 28.0 Å². The fourth-order valence-corrected chi connectivity index (χ4v) is 3.55. The van der Waals surface area contributed by atoms with Gasteiger partial charge in [0.15, 0.2) is 5.03 Å². The van der Waals surface area contributed by atoms with Crippen LogP contribution in [0.25, 0.3) is 0 Å². The molecule has 8 nitrogen and oxygen atoms in total. The normalized spacial score (nSPS) is 23.9. The molecule has 0 bridgehead atoms. The minimum Gasteiger partial charge on any atom is -0.481 e. The van der Waals surface area contributed by atoms with Gasteiger partial charge in [-0.1, -0.05) is 0 Å². The van der Waals surface area contributed by atoms with E-state index in [2.05, 4.69) is 5.10 Å². The number of nitrogens with zero attached hydrogens (tertiary/aromatic N) is 3. The Bertz CT molecular complexity index is 582. The molecule has 0 aliphatic carbocycles. The maximum absolute atomic E-state index is 12.4. The van der Waals surface area contributed by atoms with Crippen molar-refractivity contribution in [3.05, 3.63) is 12.3 Å².